The van der Waals surface area contributed by atoms with E-state index in [9.17, 15) is 14.0 Å². The highest BCUT2D eigenvalue weighted by Crippen LogP contribution is 2.23. The molecular formula is C20H22BrFN2O3. The van der Waals surface area contributed by atoms with Gasteiger partial charge in [-0.05, 0) is 52.2 Å². The third-order valence-electron chi connectivity index (χ3n) is 3.67. The van der Waals surface area contributed by atoms with Crippen molar-refractivity contribution in [2.75, 3.05) is 19.7 Å². The minimum Gasteiger partial charge on any atom is -0.492 e. The first kappa shape index (κ1) is 20.9. The van der Waals surface area contributed by atoms with Gasteiger partial charge < -0.3 is 15.4 Å². The molecule has 0 saturated carbocycles. The van der Waals surface area contributed by atoms with Gasteiger partial charge >= 0.3 is 0 Å². The number of nitrogens with one attached hydrogen (secondary N) is 2. The van der Waals surface area contributed by atoms with Gasteiger partial charge in [-0.15, -0.1) is 0 Å². The first-order chi connectivity index (χ1) is 13.0. The Morgan fingerprint density at radius 1 is 1.00 bits per heavy atom. The zero-order chi connectivity index (χ0) is 19.5. The molecule has 7 heteroatoms. The number of benzene rings is 2. The lowest BCUT2D eigenvalue weighted by Crippen LogP contribution is -2.35. The summed E-state index contributed by atoms with van der Waals surface area (Å²) in [5, 5.41) is 5.44. The number of carbonyl (C=O) groups is 2. The second-order valence-corrected chi connectivity index (χ2v) is 6.74. The molecule has 0 fully saturated rings. The molecule has 0 bridgehead atoms. The second kappa shape index (κ2) is 11.3. The van der Waals surface area contributed by atoms with Crippen molar-refractivity contribution in [2.45, 2.75) is 19.3 Å². The van der Waals surface area contributed by atoms with Gasteiger partial charge in [-0.25, -0.2) is 4.39 Å². The second-order valence-electron chi connectivity index (χ2n) is 5.89. The topological polar surface area (TPSA) is 67.4 Å². The van der Waals surface area contributed by atoms with Crippen molar-refractivity contribution in [3.05, 3.63) is 64.4 Å². The standard InChI is InChI=1S/C20H22BrFN2O3/c21-17-7-1-2-8-18(17)27-12-4-9-19(25)23-10-11-24-20(26)14-15-5-3-6-16(22)13-15/h1-3,5-8,13H,4,9-12,14H2,(H,23,25)(H,24,26). The van der Waals surface area contributed by atoms with E-state index in [4.69, 9.17) is 4.74 Å². The molecule has 2 amide bonds. The van der Waals surface area contributed by atoms with Gasteiger partial charge in [0.2, 0.25) is 11.8 Å². The Balaban J connectivity index is 1.53. The molecule has 0 aliphatic heterocycles. The molecule has 0 aliphatic rings. The van der Waals surface area contributed by atoms with Gasteiger partial charge in [0.1, 0.15) is 11.6 Å². The number of ether oxygens (including phenoxy) is 1. The number of carbonyl (C=O) groups excluding carboxylic acids is 2. The van der Waals surface area contributed by atoms with Crippen LogP contribution in [0.3, 0.4) is 0 Å². The Morgan fingerprint density at radius 3 is 2.48 bits per heavy atom. The predicted octanol–water partition coefficient (Wildman–Crippen LogP) is 3.22. The summed E-state index contributed by atoms with van der Waals surface area (Å²) in [5.41, 5.74) is 0.613. The van der Waals surface area contributed by atoms with Crippen LogP contribution in [0.4, 0.5) is 4.39 Å². The van der Waals surface area contributed by atoms with E-state index in [2.05, 4.69) is 26.6 Å². The maximum Gasteiger partial charge on any atom is 0.224 e. The molecule has 0 atom stereocenters. The van der Waals surface area contributed by atoms with Crippen molar-refractivity contribution in [1.82, 2.24) is 10.6 Å². The summed E-state index contributed by atoms with van der Waals surface area (Å²) in [6.45, 7) is 1.12. The summed E-state index contributed by atoms with van der Waals surface area (Å²) in [4.78, 5) is 23.5. The van der Waals surface area contributed by atoms with Crippen molar-refractivity contribution in [3.8, 4) is 5.75 Å². The molecule has 2 N–H and O–H groups in total. The average Bonchev–Trinajstić information content (AvgIpc) is 2.64. The molecule has 0 spiro atoms. The van der Waals surface area contributed by atoms with E-state index < -0.39 is 0 Å². The average molecular weight is 437 g/mol. The highest BCUT2D eigenvalue weighted by molar-refractivity contribution is 9.10. The first-order valence-corrected chi connectivity index (χ1v) is 9.49. The van der Waals surface area contributed by atoms with Gasteiger partial charge in [0.25, 0.3) is 0 Å². The first-order valence-electron chi connectivity index (χ1n) is 8.70. The monoisotopic (exact) mass is 436 g/mol. The lowest BCUT2D eigenvalue weighted by molar-refractivity contribution is -0.122. The van der Waals surface area contributed by atoms with Gasteiger partial charge in [0.15, 0.2) is 0 Å². The maximum atomic E-state index is 13.1. The Hall–Kier alpha value is -2.41. The lowest BCUT2D eigenvalue weighted by Gasteiger charge is -2.09. The maximum absolute atomic E-state index is 13.1. The van der Waals surface area contributed by atoms with Crippen LogP contribution in [0.25, 0.3) is 0 Å². The molecule has 0 aromatic heterocycles. The van der Waals surface area contributed by atoms with Crippen molar-refractivity contribution in [1.29, 1.82) is 0 Å². The quantitative estimate of drug-likeness (QED) is 0.561. The number of rotatable bonds is 10. The van der Waals surface area contributed by atoms with Crippen LogP contribution < -0.4 is 15.4 Å². The fourth-order valence-electron chi connectivity index (χ4n) is 2.36. The van der Waals surface area contributed by atoms with Crippen LogP contribution in [-0.2, 0) is 16.0 Å². The fraction of sp³-hybridized carbons (Fsp3) is 0.300. The molecule has 2 rings (SSSR count). The molecule has 0 unspecified atom stereocenters. The molecule has 144 valence electrons. The molecular weight excluding hydrogens is 415 g/mol. The van der Waals surface area contributed by atoms with Gasteiger partial charge in [0.05, 0.1) is 17.5 Å². The van der Waals surface area contributed by atoms with E-state index >= 15 is 0 Å². The summed E-state index contributed by atoms with van der Waals surface area (Å²) in [6, 6.07) is 13.5. The number of hydrogen-bond acceptors (Lipinski definition) is 3. The molecule has 5 nitrogen and oxygen atoms in total. The van der Waals surface area contributed by atoms with Gasteiger partial charge in [-0.2, -0.15) is 0 Å². The van der Waals surface area contributed by atoms with Crippen LogP contribution in [0.15, 0.2) is 53.0 Å². The van der Waals surface area contributed by atoms with E-state index in [1.807, 2.05) is 24.3 Å². The Bertz CT molecular complexity index is 770. The van der Waals surface area contributed by atoms with E-state index in [0.29, 0.717) is 38.1 Å². The smallest absolute Gasteiger partial charge is 0.224 e. The third-order valence-corrected chi connectivity index (χ3v) is 4.32. The number of amides is 2. The van der Waals surface area contributed by atoms with E-state index in [1.54, 1.807) is 12.1 Å². The molecule has 2 aromatic rings. The van der Waals surface area contributed by atoms with Crippen molar-refractivity contribution < 1.29 is 18.7 Å². The summed E-state index contributed by atoms with van der Waals surface area (Å²) in [7, 11) is 0. The van der Waals surface area contributed by atoms with Gasteiger partial charge in [0, 0.05) is 19.5 Å². The van der Waals surface area contributed by atoms with Gasteiger partial charge in [-0.1, -0.05) is 24.3 Å². The third kappa shape index (κ3) is 8.21. The largest absolute Gasteiger partial charge is 0.492 e. The summed E-state index contributed by atoms with van der Waals surface area (Å²) in [5.74, 6) is 0.0804. The normalized spacial score (nSPS) is 10.3. The molecule has 0 heterocycles. The predicted molar refractivity (Wildman–Crippen MR) is 105 cm³/mol. The minimum absolute atomic E-state index is 0.0925. The molecule has 0 saturated heterocycles. The summed E-state index contributed by atoms with van der Waals surface area (Å²) < 4.78 is 19.5. The van der Waals surface area contributed by atoms with Crippen LogP contribution in [0.5, 0.6) is 5.75 Å². The minimum atomic E-state index is -0.365. The molecule has 2 aromatic carbocycles. The van der Waals surface area contributed by atoms with Crippen LogP contribution in [-0.4, -0.2) is 31.5 Å². The van der Waals surface area contributed by atoms with Crippen molar-refractivity contribution >= 4 is 27.7 Å². The zero-order valence-electron chi connectivity index (χ0n) is 14.8. The molecule has 0 radical (unpaired) electrons. The zero-order valence-corrected chi connectivity index (χ0v) is 16.4. The molecule has 27 heavy (non-hydrogen) atoms. The van der Waals surface area contributed by atoms with E-state index in [0.717, 1.165) is 10.2 Å². The Kier molecular flexibility index (Phi) is 8.77. The number of hydrogen-bond donors (Lipinski definition) is 2. The Morgan fingerprint density at radius 2 is 1.74 bits per heavy atom. The highest BCUT2D eigenvalue weighted by atomic mass is 79.9. The fourth-order valence-corrected chi connectivity index (χ4v) is 2.76. The summed E-state index contributed by atoms with van der Waals surface area (Å²) >= 11 is 3.40. The van der Waals surface area contributed by atoms with Gasteiger partial charge in [-0.3, -0.25) is 9.59 Å². The van der Waals surface area contributed by atoms with Crippen LogP contribution >= 0.6 is 15.9 Å². The van der Waals surface area contributed by atoms with Crippen molar-refractivity contribution in [3.63, 3.8) is 0 Å². The van der Waals surface area contributed by atoms with Crippen molar-refractivity contribution in [2.24, 2.45) is 0 Å². The van der Waals surface area contributed by atoms with Crippen LogP contribution in [0.2, 0.25) is 0 Å². The highest BCUT2D eigenvalue weighted by Gasteiger charge is 2.05. The summed E-state index contributed by atoms with van der Waals surface area (Å²) in [6.07, 6.45) is 1.05. The van der Waals surface area contributed by atoms with Crippen LogP contribution in [0.1, 0.15) is 18.4 Å². The Labute approximate surface area is 166 Å². The SMILES string of the molecule is O=C(CCCOc1ccccc1Br)NCCNC(=O)Cc1cccc(F)c1. The lowest BCUT2D eigenvalue weighted by atomic mass is 10.1. The van der Waals surface area contributed by atoms with E-state index in [-0.39, 0.29) is 24.1 Å². The number of para-hydroxylation sites is 1. The molecule has 0 aliphatic carbocycles. The van der Waals surface area contributed by atoms with Crippen LogP contribution in [0, 0.1) is 5.82 Å². The van der Waals surface area contributed by atoms with E-state index in [1.165, 1.54) is 12.1 Å². The number of halogens is 2.